The second-order valence-corrected chi connectivity index (χ2v) is 3.17. The molecule has 0 unspecified atom stereocenters. The topological polar surface area (TPSA) is 38.7 Å². The summed E-state index contributed by atoms with van der Waals surface area (Å²) in [5.41, 5.74) is 0.738. The van der Waals surface area contributed by atoms with Crippen molar-refractivity contribution in [1.29, 1.82) is 0 Å². The third-order valence-corrected chi connectivity index (χ3v) is 1.95. The van der Waals surface area contributed by atoms with Crippen molar-refractivity contribution in [2.75, 3.05) is 20.3 Å². The van der Waals surface area contributed by atoms with E-state index in [9.17, 15) is 0 Å². The van der Waals surface area contributed by atoms with Crippen LogP contribution in [0.4, 0.5) is 0 Å². The number of benzene rings is 1. The summed E-state index contributed by atoms with van der Waals surface area (Å²) in [6.07, 6.45) is 0.943. The van der Waals surface area contributed by atoms with E-state index in [2.05, 4.69) is 11.8 Å². The maximum atomic E-state index is 8.68. The fourth-order valence-electron chi connectivity index (χ4n) is 1.21. The van der Waals surface area contributed by atoms with Crippen LogP contribution in [-0.4, -0.2) is 25.4 Å². The predicted octanol–water partition coefficient (Wildman–Crippen LogP) is 1.83. The van der Waals surface area contributed by atoms with Gasteiger partial charge in [0.05, 0.1) is 19.3 Å². The van der Waals surface area contributed by atoms with Crippen molar-refractivity contribution >= 4 is 0 Å². The van der Waals surface area contributed by atoms with Crippen molar-refractivity contribution in [3.8, 4) is 23.3 Å². The summed E-state index contributed by atoms with van der Waals surface area (Å²) in [5.74, 6) is 6.90. The van der Waals surface area contributed by atoms with E-state index in [-0.39, 0.29) is 6.61 Å². The highest BCUT2D eigenvalue weighted by Gasteiger charge is 2.03. The molecule has 0 aromatic heterocycles. The van der Waals surface area contributed by atoms with Crippen LogP contribution >= 0.6 is 0 Å². The molecule has 0 saturated carbocycles. The predicted molar refractivity (Wildman–Crippen MR) is 62.7 cm³/mol. The summed E-state index contributed by atoms with van der Waals surface area (Å²) in [5, 5.41) is 8.68. The number of methoxy groups -OCH3 is 1. The second-order valence-electron chi connectivity index (χ2n) is 3.17. The van der Waals surface area contributed by atoms with Gasteiger partial charge in [0.15, 0.2) is 0 Å². The lowest BCUT2D eigenvalue weighted by Crippen LogP contribution is -1.97. The molecular weight excluding hydrogens is 204 g/mol. The summed E-state index contributed by atoms with van der Waals surface area (Å²) in [4.78, 5) is 0. The Balaban J connectivity index is 2.96. The van der Waals surface area contributed by atoms with Crippen LogP contribution < -0.4 is 9.47 Å². The lowest BCUT2D eigenvalue weighted by molar-refractivity contribution is 0.315. The Kier molecular flexibility index (Phi) is 5.24. The maximum Gasteiger partial charge on any atom is 0.135 e. The van der Waals surface area contributed by atoms with Gasteiger partial charge in [-0.3, -0.25) is 0 Å². The van der Waals surface area contributed by atoms with E-state index in [1.807, 2.05) is 19.1 Å². The molecule has 3 nitrogen and oxygen atoms in total. The fraction of sp³-hybridized carbons (Fsp3) is 0.385. The van der Waals surface area contributed by atoms with Crippen LogP contribution in [0.25, 0.3) is 0 Å². The highest BCUT2D eigenvalue weighted by Crippen LogP contribution is 2.23. The van der Waals surface area contributed by atoms with E-state index in [0.717, 1.165) is 23.5 Å². The second kappa shape index (κ2) is 6.76. The molecule has 3 heteroatoms. The van der Waals surface area contributed by atoms with Crippen molar-refractivity contribution in [2.45, 2.75) is 13.3 Å². The number of hydrogen-bond donors (Lipinski definition) is 1. The highest BCUT2D eigenvalue weighted by atomic mass is 16.5. The monoisotopic (exact) mass is 220 g/mol. The smallest absolute Gasteiger partial charge is 0.135 e. The zero-order valence-corrected chi connectivity index (χ0v) is 9.62. The molecule has 0 aliphatic heterocycles. The summed E-state index contributed by atoms with van der Waals surface area (Å²) in [6, 6.07) is 5.46. The first kappa shape index (κ1) is 12.4. The lowest BCUT2D eigenvalue weighted by Gasteiger charge is -2.08. The van der Waals surface area contributed by atoms with Crippen LogP contribution in [0.5, 0.6) is 11.5 Å². The standard InChI is InChI=1S/C13H16O3/c1-3-9-16-13-7-6-12(15-2)10-11(13)5-4-8-14/h6-7,10,14H,3,8-9H2,1-2H3. The first-order valence-corrected chi connectivity index (χ1v) is 5.22. The molecule has 1 aromatic carbocycles. The SMILES string of the molecule is CCCOc1ccc(OC)cc1C#CCO. The zero-order chi connectivity index (χ0) is 11.8. The molecule has 0 atom stereocenters. The van der Waals surface area contributed by atoms with E-state index in [1.165, 1.54) is 0 Å². The van der Waals surface area contributed by atoms with Crippen molar-refractivity contribution in [2.24, 2.45) is 0 Å². The van der Waals surface area contributed by atoms with E-state index >= 15 is 0 Å². The molecule has 0 saturated heterocycles. The van der Waals surface area contributed by atoms with Crippen LogP contribution in [0, 0.1) is 11.8 Å². The molecule has 0 aliphatic rings. The minimum absolute atomic E-state index is 0.162. The number of ether oxygens (including phenoxy) is 2. The van der Waals surface area contributed by atoms with Gasteiger partial charge in [0.25, 0.3) is 0 Å². The van der Waals surface area contributed by atoms with E-state index in [0.29, 0.717) is 6.61 Å². The van der Waals surface area contributed by atoms with Gasteiger partial charge in [-0.25, -0.2) is 0 Å². The van der Waals surface area contributed by atoms with E-state index < -0.39 is 0 Å². The van der Waals surface area contributed by atoms with Crippen molar-refractivity contribution < 1.29 is 14.6 Å². The minimum Gasteiger partial charge on any atom is -0.497 e. The Hall–Kier alpha value is -1.66. The average molecular weight is 220 g/mol. The summed E-state index contributed by atoms with van der Waals surface area (Å²) >= 11 is 0. The third kappa shape index (κ3) is 3.48. The summed E-state index contributed by atoms with van der Waals surface area (Å²) < 4.78 is 10.7. The van der Waals surface area contributed by atoms with Gasteiger partial charge in [-0.1, -0.05) is 18.8 Å². The number of aliphatic hydroxyl groups excluding tert-OH is 1. The molecule has 0 amide bonds. The molecular formula is C13H16O3. The van der Waals surface area contributed by atoms with Gasteiger partial charge in [-0.05, 0) is 24.6 Å². The Bertz CT molecular complexity index is 388. The maximum absolute atomic E-state index is 8.68. The average Bonchev–Trinajstić information content (AvgIpc) is 2.34. The molecule has 86 valence electrons. The van der Waals surface area contributed by atoms with Crippen molar-refractivity contribution in [3.05, 3.63) is 23.8 Å². The van der Waals surface area contributed by atoms with E-state index in [4.69, 9.17) is 14.6 Å². The molecule has 1 aromatic rings. The number of aliphatic hydroxyl groups is 1. The molecule has 1 N–H and O–H groups in total. The highest BCUT2D eigenvalue weighted by molar-refractivity contribution is 5.50. The fourth-order valence-corrected chi connectivity index (χ4v) is 1.21. The first-order chi connectivity index (χ1) is 7.81. The van der Waals surface area contributed by atoms with Crippen LogP contribution in [0.1, 0.15) is 18.9 Å². The molecule has 0 spiro atoms. The van der Waals surface area contributed by atoms with Crippen molar-refractivity contribution in [1.82, 2.24) is 0 Å². The summed E-state index contributed by atoms with van der Waals surface area (Å²) in [6.45, 7) is 2.53. The molecule has 16 heavy (non-hydrogen) atoms. The van der Waals surface area contributed by atoms with Gasteiger partial charge in [0.2, 0.25) is 0 Å². The Labute approximate surface area is 96.0 Å². The van der Waals surface area contributed by atoms with Gasteiger partial charge in [0.1, 0.15) is 18.1 Å². The number of hydrogen-bond acceptors (Lipinski definition) is 3. The Morgan fingerprint density at radius 3 is 2.81 bits per heavy atom. The number of rotatable bonds is 4. The Morgan fingerprint density at radius 2 is 2.19 bits per heavy atom. The normalized spacial score (nSPS) is 9.19. The van der Waals surface area contributed by atoms with Gasteiger partial charge in [-0.2, -0.15) is 0 Å². The van der Waals surface area contributed by atoms with Crippen LogP contribution in [0.15, 0.2) is 18.2 Å². The van der Waals surface area contributed by atoms with Crippen LogP contribution in [0.2, 0.25) is 0 Å². The van der Waals surface area contributed by atoms with E-state index in [1.54, 1.807) is 13.2 Å². The van der Waals surface area contributed by atoms with Gasteiger partial charge >= 0.3 is 0 Å². The lowest BCUT2D eigenvalue weighted by atomic mass is 10.2. The molecule has 0 bridgehead atoms. The summed E-state index contributed by atoms with van der Waals surface area (Å²) in [7, 11) is 1.60. The van der Waals surface area contributed by atoms with Crippen molar-refractivity contribution in [3.63, 3.8) is 0 Å². The molecule has 0 aliphatic carbocycles. The molecule has 0 fully saturated rings. The molecule has 1 rings (SSSR count). The Morgan fingerprint density at radius 1 is 1.38 bits per heavy atom. The van der Waals surface area contributed by atoms with Gasteiger partial charge in [-0.15, -0.1) is 0 Å². The van der Waals surface area contributed by atoms with Crippen LogP contribution in [-0.2, 0) is 0 Å². The molecule has 0 heterocycles. The quantitative estimate of drug-likeness (QED) is 0.787. The van der Waals surface area contributed by atoms with Crippen LogP contribution in [0.3, 0.4) is 0 Å². The molecule has 0 radical (unpaired) electrons. The van der Waals surface area contributed by atoms with Gasteiger partial charge in [0, 0.05) is 0 Å². The zero-order valence-electron chi connectivity index (χ0n) is 9.62. The third-order valence-electron chi connectivity index (χ3n) is 1.95. The first-order valence-electron chi connectivity index (χ1n) is 5.22. The minimum atomic E-state index is -0.162. The largest absolute Gasteiger partial charge is 0.497 e. The van der Waals surface area contributed by atoms with Gasteiger partial charge < -0.3 is 14.6 Å².